The molecule has 0 aromatic rings. The maximum absolute atomic E-state index is 5.55. The van der Waals surface area contributed by atoms with Gasteiger partial charge < -0.3 is 28.4 Å². The normalized spacial score (nSPS) is 13.7. The van der Waals surface area contributed by atoms with Crippen LogP contribution in [0.5, 0.6) is 0 Å². The van der Waals surface area contributed by atoms with Gasteiger partial charge in [-0.2, -0.15) is 0 Å². The summed E-state index contributed by atoms with van der Waals surface area (Å²) in [6, 6.07) is 1.48. The largest absolute Gasteiger partial charge is 0.500 e. The molecule has 0 rings (SSSR count). The Morgan fingerprint density at radius 2 is 1.44 bits per heavy atom. The first kappa shape index (κ1) is 27.0. The molecule has 1 unspecified atom stereocenters. The summed E-state index contributed by atoms with van der Waals surface area (Å²) < 4.78 is 16.7. The van der Waals surface area contributed by atoms with Gasteiger partial charge >= 0.3 is 8.80 Å². The SMILES string of the molecule is CCCN(C)CCCN(CCCNC(C)CC)CCC[Si](OC)(OC)OC. The molecule has 0 radical (unpaired) electrons. The molecule has 7 heteroatoms. The molecule has 0 bridgehead atoms. The topological polar surface area (TPSA) is 46.2 Å². The highest BCUT2D eigenvalue weighted by molar-refractivity contribution is 6.60. The molecule has 0 fully saturated rings. The van der Waals surface area contributed by atoms with Gasteiger partial charge in [0, 0.05) is 33.4 Å². The summed E-state index contributed by atoms with van der Waals surface area (Å²) in [4.78, 5) is 5.03. The minimum absolute atomic E-state index is 0.609. The van der Waals surface area contributed by atoms with Crippen LogP contribution in [0.25, 0.3) is 0 Å². The molecular weight excluding hydrogens is 358 g/mol. The smallest absolute Gasteiger partial charge is 0.377 e. The highest BCUT2D eigenvalue weighted by Gasteiger charge is 2.36. The van der Waals surface area contributed by atoms with E-state index in [1.54, 1.807) is 21.3 Å². The Bertz CT molecular complexity index is 325. The molecule has 0 saturated heterocycles. The summed E-state index contributed by atoms with van der Waals surface area (Å²) in [5.41, 5.74) is 0. The molecule has 0 aliphatic carbocycles. The minimum atomic E-state index is -2.45. The van der Waals surface area contributed by atoms with E-state index in [-0.39, 0.29) is 0 Å². The van der Waals surface area contributed by atoms with Crippen LogP contribution in [0.2, 0.25) is 6.04 Å². The fourth-order valence-electron chi connectivity index (χ4n) is 3.26. The molecule has 0 aliphatic rings. The minimum Gasteiger partial charge on any atom is -0.377 e. The third-order valence-electron chi connectivity index (χ3n) is 5.27. The van der Waals surface area contributed by atoms with Gasteiger partial charge in [-0.05, 0) is 85.3 Å². The van der Waals surface area contributed by atoms with Gasteiger partial charge in [-0.3, -0.25) is 0 Å². The van der Waals surface area contributed by atoms with E-state index in [9.17, 15) is 0 Å². The van der Waals surface area contributed by atoms with Crippen LogP contribution < -0.4 is 5.32 Å². The maximum Gasteiger partial charge on any atom is 0.500 e. The van der Waals surface area contributed by atoms with Crippen LogP contribution in [0.4, 0.5) is 0 Å². The first-order valence-electron chi connectivity index (χ1n) is 10.8. The first-order chi connectivity index (χ1) is 13.0. The van der Waals surface area contributed by atoms with Crippen molar-refractivity contribution in [2.24, 2.45) is 0 Å². The Morgan fingerprint density at radius 3 is 2.00 bits per heavy atom. The fourth-order valence-corrected chi connectivity index (χ4v) is 4.97. The summed E-state index contributed by atoms with van der Waals surface area (Å²) in [6.45, 7) is 13.5. The van der Waals surface area contributed by atoms with Gasteiger partial charge in [-0.1, -0.05) is 13.8 Å². The van der Waals surface area contributed by atoms with E-state index in [4.69, 9.17) is 13.3 Å². The monoisotopic (exact) mass is 405 g/mol. The molecule has 0 aliphatic heterocycles. The standard InChI is InChI=1S/C20H47N3O3Si/c1-8-14-22(4)15-11-17-23(16-10-13-21-20(3)9-2)18-12-19-27(24-5,25-6)26-7/h20-21H,8-19H2,1-7H3. The highest BCUT2D eigenvalue weighted by atomic mass is 28.4. The molecule has 6 nitrogen and oxygen atoms in total. The first-order valence-corrected chi connectivity index (χ1v) is 12.7. The van der Waals surface area contributed by atoms with E-state index < -0.39 is 8.80 Å². The van der Waals surface area contributed by atoms with E-state index in [0.29, 0.717) is 6.04 Å². The highest BCUT2D eigenvalue weighted by Crippen LogP contribution is 2.15. The lowest BCUT2D eigenvalue weighted by Crippen LogP contribution is -2.43. The Labute approximate surface area is 170 Å². The van der Waals surface area contributed by atoms with Crippen LogP contribution in [0.3, 0.4) is 0 Å². The van der Waals surface area contributed by atoms with Crippen LogP contribution in [0.1, 0.15) is 52.9 Å². The summed E-state index contributed by atoms with van der Waals surface area (Å²) >= 11 is 0. The van der Waals surface area contributed by atoms with Crippen LogP contribution in [-0.2, 0) is 13.3 Å². The third-order valence-corrected chi connectivity index (χ3v) is 8.10. The average Bonchev–Trinajstić information content (AvgIpc) is 2.68. The van der Waals surface area contributed by atoms with E-state index in [1.165, 1.54) is 38.8 Å². The molecular formula is C20H47N3O3Si. The molecule has 1 N–H and O–H groups in total. The second-order valence-corrected chi connectivity index (χ2v) is 10.6. The quantitative estimate of drug-likeness (QED) is 0.263. The van der Waals surface area contributed by atoms with Crippen molar-refractivity contribution in [1.29, 1.82) is 0 Å². The second kappa shape index (κ2) is 16.9. The summed E-state index contributed by atoms with van der Waals surface area (Å²) in [5.74, 6) is 0. The molecule has 0 aromatic carbocycles. The van der Waals surface area contributed by atoms with Gasteiger partial charge in [-0.25, -0.2) is 0 Å². The van der Waals surface area contributed by atoms with Crippen LogP contribution >= 0.6 is 0 Å². The molecule has 0 heterocycles. The third kappa shape index (κ3) is 12.9. The van der Waals surface area contributed by atoms with Crippen molar-refractivity contribution in [3.63, 3.8) is 0 Å². The van der Waals surface area contributed by atoms with E-state index in [1.807, 2.05) is 0 Å². The molecule has 0 aromatic heterocycles. The molecule has 0 amide bonds. The molecule has 0 saturated carbocycles. The Morgan fingerprint density at radius 1 is 0.852 bits per heavy atom. The van der Waals surface area contributed by atoms with Gasteiger partial charge in [0.15, 0.2) is 0 Å². The Hall–Kier alpha value is -0.0231. The molecule has 27 heavy (non-hydrogen) atoms. The van der Waals surface area contributed by atoms with Crippen molar-refractivity contribution >= 4 is 8.80 Å². The van der Waals surface area contributed by atoms with E-state index in [2.05, 4.69) is 42.9 Å². The van der Waals surface area contributed by atoms with Crippen molar-refractivity contribution in [2.75, 3.05) is 67.6 Å². The van der Waals surface area contributed by atoms with Crippen molar-refractivity contribution in [3.05, 3.63) is 0 Å². The lowest BCUT2D eigenvalue weighted by molar-refractivity contribution is 0.121. The number of rotatable bonds is 19. The fraction of sp³-hybridized carbons (Fsp3) is 1.00. The molecule has 0 spiro atoms. The Kier molecular flexibility index (Phi) is 16.9. The van der Waals surface area contributed by atoms with E-state index in [0.717, 1.165) is 38.6 Å². The molecule has 164 valence electrons. The van der Waals surface area contributed by atoms with Gasteiger partial charge in [-0.15, -0.1) is 0 Å². The van der Waals surface area contributed by atoms with Gasteiger partial charge in [0.25, 0.3) is 0 Å². The maximum atomic E-state index is 5.55. The number of nitrogens with one attached hydrogen (secondary N) is 1. The van der Waals surface area contributed by atoms with Crippen LogP contribution in [0, 0.1) is 0 Å². The van der Waals surface area contributed by atoms with Crippen LogP contribution in [-0.4, -0.2) is 92.3 Å². The second-order valence-electron chi connectivity index (χ2n) is 7.51. The predicted octanol–water partition coefficient (Wildman–Crippen LogP) is 3.07. The summed E-state index contributed by atoms with van der Waals surface area (Å²) in [7, 11) is 4.86. The van der Waals surface area contributed by atoms with Crippen molar-refractivity contribution in [2.45, 2.75) is 65.0 Å². The zero-order valence-corrected chi connectivity index (χ0v) is 20.2. The van der Waals surface area contributed by atoms with E-state index >= 15 is 0 Å². The summed E-state index contributed by atoms with van der Waals surface area (Å²) in [6.07, 6.45) is 5.86. The Balaban J connectivity index is 4.36. The van der Waals surface area contributed by atoms with Crippen molar-refractivity contribution in [1.82, 2.24) is 15.1 Å². The lowest BCUT2D eigenvalue weighted by atomic mass is 10.2. The summed E-state index contributed by atoms with van der Waals surface area (Å²) in [5, 5.41) is 3.60. The van der Waals surface area contributed by atoms with Crippen molar-refractivity contribution < 1.29 is 13.3 Å². The van der Waals surface area contributed by atoms with Gasteiger partial charge in [0.05, 0.1) is 0 Å². The van der Waals surface area contributed by atoms with Crippen molar-refractivity contribution in [3.8, 4) is 0 Å². The predicted molar refractivity (Wildman–Crippen MR) is 117 cm³/mol. The number of nitrogens with zero attached hydrogens (tertiary/aromatic N) is 2. The average molecular weight is 406 g/mol. The molecule has 1 atom stereocenters. The van der Waals surface area contributed by atoms with Crippen LogP contribution in [0.15, 0.2) is 0 Å². The number of hydrogen-bond donors (Lipinski definition) is 1. The van der Waals surface area contributed by atoms with Gasteiger partial charge in [0.1, 0.15) is 0 Å². The van der Waals surface area contributed by atoms with Gasteiger partial charge in [0.2, 0.25) is 0 Å². The zero-order valence-electron chi connectivity index (χ0n) is 19.2. The zero-order chi connectivity index (χ0) is 20.5. The number of hydrogen-bond acceptors (Lipinski definition) is 6. The lowest BCUT2D eigenvalue weighted by Gasteiger charge is -2.27.